The fourth-order valence-electron chi connectivity index (χ4n) is 4.22. The molecule has 1 heterocycles. The van der Waals surface area contributed by atoms with Crippen LogP contribution in [-0.4, -0.2) is 49.6 Å². The van der Waals surface area contributed by atoms with Crippen molar-refractivity contribution in [2.45, 2.75) is 39.2 Å². The molecule has 1 aromatic carbocycles. The SMILES string of the molecule is CC1CCCC(NC(=O)CN2CCN(c3ccc(C#N)cc3F)CC2)C1C. The fourth-order valence-corrected chi connectivity index (χ4v) is 4.22. The highest BCUT2D eigenvalue weighted by molar-refractivity contribution is 5.78. The van der Waals surface area contributed by atoms with E-state index >= 15 is 0 Å². The minimum absolute atomic E-state index is 0.0963. The van der Waals surface area contributed by atoms with Gasteiger partial charge < -0.3 is 10.2 Å². The zero-order chi connectivity index (χ0) is 19.4. The number of anilines is 1. The lowest BCUT2D eigenvalue weighted by molar-refractivity contribution is -0.123. The maximum Gasteiger partial charge on any atom is 0.234 e. The summed E-state index contributed by atoms with van der Waals surface area (Å²) < 4.78 is 14.2. The van der Waals surface area contributed by atoms with E-state index in [2.05, 4.69) is 24.1 Å². The summed E-state index contributed by atoms with van der Waals surface area (Å²) in [7, 11) is 0. The van der Waals surface area contributed by atoms with E-state index in [9.17, 15) is 9.18 Å². The number of benzene rings is 1. The lowest BCUT2D eigenvalue weighted by Crippen LogP contribution is -2.52. The van der Waals surface area contributed by atoms with Crippen molar-refractivity contribution in [3.63, 3.8) is 0 Å². The van der Waals surface area contributed by atoms with Crippen LogP contribution in [0.15, 0.2) is 18.2 Å². The van der Waals surface area contributed by atoms with Crippen molar-refractivity contribution in [3.8, 4) is 6.07 Å². The molecule has 1 N–H and O–H groups in total. The van der Waals surface area contributed by atoms with Crippen LogP contribution >= 0.6 is 0 Å². The Morgan fingerprint density at radius 3 is 2.67 bits per heavy atom. The molecule has 0 aromatic heterocycles. The molecule has 1 saturated heterocycles. The molecule has 5 nitrogen and oxygen atoms in total. The molecule has 3 atom stereocenters. The van der Waals surface area contributed by atoms with E-state index in [1.807, 2.05) is 11.0 Å². The summed E-state index contributed by atoms with van der Waals surface area (Å²) in [5, 5.41) is 12.1. The van der Waals surface area contributed by atoms with Crippen molar-refractivity contribution in [1.29, 1.82) is 5.26 Å². The number of rotatable bonds is 4. The van der Waals surface area contributed by atoms with E-state index in [1.165, 1.54) is 18.9 Å². The van der Waals surface area contributed by atoms with Crippen molar-refractivity contribution < 1.29 is 9.18 Å². The van der Waals surface area contributed by atoms with Gasteiger partial charge in [-0.3, -0.25) is 9.69 Å². The maximum absolute atomic E-state index is 14.2. The number of nitrogens with zero attached hydrogens (tertiary/aromatic N) is 3. The fraction of sp³-hybridized carbons (Fsp3) is 0.619. The molecule has 0 spiro atoms. The maximum atomic E-state index is 14.2. The molecule has 6 heteroatoms. The summed E-state index contributed by atoms with van der Waals surface area (Å²) in [5.74, 6) is 0.924. The summed E-state index contributed by atoms with van der Waals surface area (Å²) in [6, 6.07) is 6.83. The molecule has 2 fully saturated rings. The van der Waals surface area contributed by atoms with Crippen LogP contribution in [-0.2, 0) is 4.79 Å². The largest absolute Gasteiger partial charge is 0.367 e. The summed E-state index contributed by atoms with van der Waals surface area (Å²) in [4.78, 5) is 16.6. The van der Waals surface area contributed by atoms with Crippen LogP contribution in [0.1, 0.15) is 38.7 Å². The Morgan fingerprint density at radius 1 is 1.26 bits per heavy atom. The third kappa shape index (κ3) is 4.78. The third-order valence-corrected chi connectivity index (χ3v) is 6.21. The summed E-state index contributed by atoms with van der Waals surface area (Å²) >= 11 is 0. The number of hydrogen-bond donors (Lipinski definition) is 1. The highest BCUT2D eigenvalue weighted by atomic mass is 19.1. The molecular weight excluding hydrogens is 343 g/mol. The minimum atomic E-state index is -0.361. The van der Waals surface area contributed by atoms with Gasteiger partial charge in [-0.1, -0.05) is 26.7 Å². The number of carbonyl (C=O) groups is 1. The summed E-state index contributed by atoms with van der Waals surface area (Å²) in [5.41, 5.74) is 0.862. The zero-order valence-corrected chi connectivity index (χ0v) is 16.2. The molecule has 1 aromatic rings. The van der Waals surface area contributed by atoms with Crippen molar-refractivity contribution in [2.24, 2.45) is 11.8 Å². The van der Waals surface area contributed by atoms with Crippen molar-refractivity contribution in [3.05, 3.63) is 29.6 Å². The van der Waals surface area contributed by atoms with Gasteiger partial charge in [0.15, 0.2) is 0 Å². The van der Waals surface area contributed by atoms with E-state index < -0.39 is 0 Å². The van der Waals surface area contributed by atoms with Crippen LogP contribution in [0.3, 0.4) is 0 Å². The van der Waals surface area contributed by atoms with Crippen molar-refractivity contribution in [2.75, 3.05) is 37.6 Å². The van der Waals surface area contributed by atoms with Gasteiger partial charge in [0.25, 0.3) is 0 Å². The molecule has 1 saturated carbocycles. The van der Waals surface area contributed by atoms with E-state index in [0.29, 0.717) is 42.7 Å². The molecular formula is C21H29FN4O. The van der Waals surface area contributed by atoms with Gasteiger partial charge >= 0.3 is 0 Å². The predicted molar refractivity (Wildman–Crippen MR) is 104 cm³/mol. The first-order valence-electron chi connectivity index (χ1n) is 9.94. The molecule has 1 aliphatic carbocycles. The number of amides is 1. The molecule has 3 rings (SSSR count). The Labute approximate surface area is 161 Å². The van der Waals surface area contributed by atoms with Gasteiger partial charge in [-0.15, -0.1) is 0 Å². The average molecular weight is 372 g/mol. The Morgan fingerprint density at radius 2 is 2.00 bits per heavy atom. The second-order valence-electron chi connectivity index (χ2n) is 7.98. The number of piperazine rings is 1. The van der Waals surface area contributed by atoms with Crippen LogP contribution in [0.2, 0.25) is 0 Å². The van der Waals surface area contributed by atoms with Gasteiger partial charge in [-0.25, -0.2) is 4.39 Å². The van der Waals surface area contributed by atoms with E-state index in [1.54, 1.807) is 12.1 Å². The smallest absolute Gasteiger partial charge is 0.234 e. The van der Waals surface area contributed by atoms with Crippen molar-refractivity contribution in [1.82, 2.24) is 10.2 Å². The van der Waals surface area contributed by atoms with E-state index in [-0.39, 0.29) is 17.8 Å². The van der Waals surface area contributed by atoms with Crippen LogP contribution in [0, 0.1) is 29.0 Å². The molecule has 0 bridgehead atoms. The lowest BCUT2D eigenvalue weighted by atomic mass is 9.78. The quantitative estimate of drug-likeness (QED) is 0.883. The Bertz CT molecular complexity index is 709. The normalized spacial score (nSPS) is 26.4. The van der Waals surface area contributed by atoms with Crippen molar-refractivity contribution >= 4 is 11.6 Å². The Kier molecular flexibility index (Phi) is 6.33. The molecule has 1 aliphatic heterocycles. The first-order valence-corrected chi connectivity index (χ1v) is 9.94. The molecule has 27 heavy (non-hydrogen) atoms. The molecule has 2 aliphatic rings. The minimum Gasteiger partial charge on any atom is -0.367 e. The Balaban J connectivity index is 1.48. The summed E-state index contributed by atoms with van der Waals surface area (Å²) in [6.07, 6.45) is 3.51. The van der Waals surface area contributed by atoms with Crippen LogP contribution in [0.5, 0.6) is 0 Å². The first-order chi connectivity index (χ1) is 13.0. The number of carbonyl (C=O) groups excluding carboxylic acids is 1. The summed E-state index contributed by atoms with van der Waals surface area (Å²) in [6.45, 7) is 7.71. The first kappa shape index (κ1) is 19.6. The monoisotopic (exact) mass is 372 g/mol. The van der Waals surface area contributed by atoms with Crippen LogP contribution < -0.4 is 10.2 Å². The average Bonchev–Trinajstić information content (AvgIpc) is 2.66. The van der Waals surface area contributed by atoms with Crippen LogP contribution in [0.4, 0.5) is 10.1 Å². The standard InChI is InChI=1S/C21H29FN4O/c1-15-4-3-5-19(16(15)2)24-21(27)14-25-8-10-26(11-9-25)20-7-6-17(13-23)12-18(20)22/h6-7,12,15-16,19H,3-5,8-11,14H2,1-2H3,(H,24,27). The Hall–Kier alpha value is -2.13. The second kappa shape index (κ2) is 8.71. The van der Waals surface area contributed by atoms with Gasteiger partial charge in [0.1, 0.15) is 5.82 Å². The molecule has 3 unspecified atom stereocenters. The van der Waals surface area contributed by atoms with E-state index in [0.717, 1.165) is 19.5 Å². The van der Waals surface area contributed by atoms with Gasteiger partial charge in [-0.05, 0) is 36.5 Å². The molecule has 1 amide bonds. The highest BCUT2D eigenvalue weighted by Gasteiger charge is 2.29. The highest BCUT2D eigenvalue weighted by Crippen LogP contribution is 2.29. The number of halogens is 1. The van der Waals surface area contributed by atoms with Gasteiger partial charge in [0.05, 0.1) is 23.9 Å². The van der Waals surface area contributed by atoms with Crippen LogP contribution in [0.25, 0.3) is 0 Å². The van der Waals surface area contributed by atoms with Gasteiger partial charge in [-0.2, -0.15) is 5.26 Å². The zero-order valence-electron chi connectivity index (χ0n) is 16.2. The number of hydrogen-bond acceptors (Lipinski definition) is 4. The topological polar surface area (TPSA) is 59.4 Å². The molecule has 146 valence electrons. The number of nitrogens with one attached hydrogen (secondary N) is 1. The predicted octanol–water partition coefficient (Wildman–Crippen LogP) is 2.76. The van der Waals surface area contributed by atoms with E-state index in [4.69, 9.17) is 5.26 Å². The second-order valence-corrected chi connectivity index (χ2v) is 7.98. The van der Waals surface area contributed by atoms with Gasteiger partial charge in [0.2, 0.25) is 5.91 Å². The van der Waals surface area contributed by atoms with Gasteiger partial charge in [0, 0.05) is 32.2 Å². The number of nitriles is 1. The lowest BCUT2D eigenvalue weighted by Gasteiger charge is -2.37. The molecule has 0 radical (unpaired) electrons. The third-order valence-electron chi connectivity index (χ3n) is 6.21.